The number of hydrogen-bond donors (Lipinski definition) is 1. The van der Waals surface area contributed by atoms with Gasteiger partial charge in [0.15, 0.2) is 0 Å². The van der Waals surface area contributed by atoms with Gasteiger partial charge in [0, 0.05) is 31.7 Å². The van der Waals surface area contributed by atoms with E-state index in [0.29, 0.717) is 6.04 Å². The van der Waals surface area contributed by atoms with Crippen molar-refractivity contribution in [2.75, 3.05) is 32.7 Å². The first kappa shape index (κ1) is 12.6. The maximum absolute atomic E-state index is 5.82. The molecule has 0 amide bonds. The fourth-order valence-electron chi connectivity index (χ4n) is 2.98. The fraction of sp³-hybridized carbons (Fsp3) is 1.00. The zero-order valence-electron chi connectivity index (χ0n) is 9.98. The van der Waals surface area contributed by atoms with E-state index < -0.39 is 0 Å². The fourth-order valence-corrected chi connectivity index (χ4v) is 2.98. The molecule has 3 aliphatic rings. The molecule has 0 bridgehead atoms. The second-order valence-corrected chi connectivity index (χ2v) is 5.69. The Kier molecular flexibility index (Phi) is 4.11. The molecule has 0 aromatic heterocycles. The molecule has 2 aliphatic heterocycles. The van der Waals surface area contributed by atoms with Gasteiger partial charge in [0.25, 0.3) is 0 Å². The third-order valence-electron chi connectivity index (χ3n) is 4.22. The minimum atomic E-state index is 0. The molecular formula is C12H24ClN3. The third kappa shape index (κ3) is 2.89. The van der Waals surface area contributed by atoms with Crippen LogP contribution in [0.1, 0.15) is 25.7 Å². The van der Waals surface area contributed by atoms with Crippen LogP contribution in [0.3, 0.4) is 0 Å². The Balaban J connectivity index is 0.000000963. The summed E-state index contributed by atoms with van der Waals surface area (Å²) in [5.74, 6) is 1.05. The van der Waals surface area contributed by atoms with Crippen LogP contribution in [0.4, 0.5) is 0 Å². The van der Waals surface area contributed by atoms with E-state index in [2.05, 4.69) is 9.80 Å². The molecule has 0 unspecified atom stereocenters. The molecule has 3 nitrogen and oxygen atoms in total. The van der Waals surface area contributed by atoms with Crippen LogP contribution in [0.2, 0.25) is 0 Å². The topological polar surface area (TPSA) is 32.5 Å². The number of likely N-dealkylation sites (tertiary alicyclic amines) is 2. The molecule has 0 aromatic carbocycles. The highest BCUT2D eigenvalue weighted by Crippen LogP contribution is 2.31. The van der Waals surface area contributed by atoms with Crippen LogP contribution in [-0.2, 0) is 0 Å². The van der Waals surface area contributed by atoms with Gasteiger partial charge in [-0.3, -0.25) is 4.90 Å². The summed E-state index contributed by atoms with van der Waals surface area (Å²) in [6, 6.07) is 1.31. The predicted molar refractivity (Wildman–Crippen MR) is 69.0 cm³/mol. The summed E-state index contributed by atoms with van der Waals surface area (Å²) in [5.41, 5.74) is 5.82. The average Bonchev–Trinajstić information content (AvgIpc) is 2.99. The molecule has 16 heavy (non-hydrogen) atoms. The Morgan fingerprint density at radius 2 is 1.62 bits per heavy atom. The van der Waals surface area contributed by atoms with E-state index in [1.807, 2.05) is 0 Å². The van der Waals surface area contributed by atoms with Crippen LogP contribution in [0, 0.1) is 5.92 Å². The lowest BCUT2D eigenvalue weighted by Gasteiger charge is -2.46. The summed E-state index contributed by atoms with van der Waals surface area (Å²) in [5, 5.41) is 0. The molecule has 1 saturated carbocycles. The van der Waals surface area contributed by atoms with Gasteiger partial charge in [-0.05, 0) is 44.7 Å². The molecule has 2 heterocycles. The molecule has 0 radical (unpaired) electrons. The smallest absolute Gasteiger partial charge is 0.0297 e. The van der Waals surface area contributed by atoms with E-state index in [0.717, 1.165) is 25.0 Å². The Morgan fingerprint density at radius 1 is 1.00 bits per heavy atom. The van der Waals surface area contributed by atoms with Gasteiger partial charge in [0.1, 0.15) is 0 Å². The van der Waals surface area contributed by atoms with Crippen molar-refractivity contribution in [2.45, 2.75) is 37.8 Å². The van der Waals surface area contributed by atoms with E-state index in [-0.39, 0.29) is 12.4 Å². The van der Waals surface area contributed by atoms with Gasteiger partial charge < -0.3 is 10.6 Å². The summed E-state index contributed by atoms with van der Waals surface area (Å²) in [6.07, 6.45) is 5.72. The van der Waals surface area contributed by atoms with Crippen molar-refractivity contribution in [3.05, 3.63) is 0 Å². The SMILES string of the molecule is Cl.NC1CN(C2CCN(CC3CC3)CC2)C1. The first-order valence-electron chi connectivity index (χ1n) is 6.53. The standard InChI is InChI=1S/C12H23N3.ClH/c13-11-8-15(9-11)12-3-5-14(6-4-12)7-10-1-2-10;/h10-12H,1-9,13H2;1H. The maximum atomic E-state index is 5.82. The molecule has 2 N–H and O–H groups in total. The molecular weight excluding hydrogens is 222 g/mol. The molecule has 0 spiro atoms. The maximum Gasteiger partial charge on any atom is 0.0297 e. The first-order chi connectivity index (χ1) is 7.31. The number of nitrogens with two attached hydrogens (primary N) is 1. The lowest BCUT2D eigenvalue weighted by atomic mass is 9.98. The third-order valence-corrected chi connectivity index (χ3v) is 4.22. The molecule has 4 heteroatoms. The summed E-state index contributed by atoms with van der Waals surface area (Å²) in [6.45, 7) is 6.33. The predicted octanol–water partition coefficient (Wildman–Crippen LogP) is 0.925. The summed E-state index contributed by atoms with van der Waals surface area (Å²) >= 11 is 0. The molecule has 1 aliphatic carbocycles. The van der Waals surface area contributed by atoms with Crippen molar-refractivity contribution in [2.24, 2.45) is 11.7 Å². The lowest BCUT2D eigenvalue weighted by molar-refractivity contribution is 0.0477. The Hall–Kier alpha value is 0.170. The molecule has 2 saturated heterocycles. The van der Waals surface area contributed by atoms with Crippen molar-refractivity contribution >= 4 is 12.4 Å². The van der Waals surface area contributed by atoms with Crippen molar-refractivity contribution in [1.29, 1.82) is 0 Å². The Bertz CT molecular complexity index is 218. The molecule has 3 fully saturated rings. The molecule has 0 aromatic rings. The molecule has 3 rings (SSSR count). The van der Waals surface area contributed by atoms with Gasteiger partial charge in [0.2, 0.25) is 0 Å². The number of piperidine rings is 1. The number of nitrogens with zero attached hydrogens (tertiary/aromatic N) is 2. The van der Waals surface area contributed by atoms with E-state index in [9.17, 15) is 0 Å². The Labute approximate surface area is 105 Å². The molecule has 0 atom stereocenters. The van der Waals surface area contributed by atoms with Crippen molar-refractivity contribution in [1.82, 2.24) is 9.80 Å². The monoisotopic (exact) mass is 245 g/mol. The summed E-state index contributed by atoms with van der Waals surface area (Å²) in [4.78, 5) is 5.26. The van der Waals surface area contributed by atoms with Crippen LogP contribution in [0.15, 0.2) is 0 Å². The number of halogens is 1. The first-order valence-corrected chi connectivity index (χ1v) is 6.53. The average molecular weight is 246 g/mol. The van der Waals surface area contributed by atoms with E-state index >= 15 is 0 Å². The van der Waals surface area contributed by atoms with Crippen LogP contribution >= 0.6 is 12.4 Å². The normalized spacial score (nSPS) is 29.8. The van der Waals surface area contributed by atoms with Gasteiger partial charge in [-0.1, -0.05) is 0 Å². The largest absolute Gasteiger partial charge is 0.325 e. The second kappa shape index (κ2) is 5.21. The van der Waals surface area contributed by atoms with Crippen molar-refractivity contribution < 1.29 is 0 Å². The Morgan fingerprint density at radius 3 is 2.12 bits per heavy atom. The summed E-state index contributed by atoms with van der Waals surface area (Å²) in [7, 11) is 0. The second-order valence-electron chi connectivity index (χ2n) is 5.69. The number of hydrogen-bond acceptors (Lipinski definition) is 3. The van der Waals surface area contributed by atoms with Gasteiger partial charge >= 0.3 is 0 Å². The van der Waals surface area contributed by atoms with Crippen molar-refractivity contribution in [3.63, 3.8) is 0 Å². The minimum absolute atomic E-state index is 0. The van der Waals surface area contributed by atoms with E-state index in [4.69, 9.17) is 5.73 Å². The van der Waals surface area contributed by atoms with Crippen LogP contribution in [0.25, 0.3) is 0 Å². The zero-order chi connectivity index (χ0) is 10.3. The van der Waals surface area contributed by atoms with Crippen LogP contribution < -0.4 is 5.73 Å². The molecule has 94 valence electrons. The highest BCUT2D eigenvalue weighted by Gasteiger charge is 2.33. The lowest BCUT2D eigenvalue weighted by Crippen LogP contribution is -2.61. The highest BCUT2D eigenvalue weighted by molar-refractivity contribution is 5.85. The van der Waals surface area contributed by atoms with Crippen LogP contribution in [-0.4, -0.2) is 54.6 Å². The number of rotatable bonds is 3. The van der Waals surface area contributed by atoms with Crippen molar-refractivity contribution in [3.8, 4) is 0 Å². The van der Waals surface area contributed by atoms with E-state index in [1.165, 1.54) is 45.3 Å². The highest BCUT2D eigenvalue weighted by atomic mass is 35.5. The van der Waals surface area contributed by atoms with Gasteiger partial charge in [-0.2, -0.15) is 0 Å². The van der Waals surface area contributed by atoms with Gasteiger partial charge in [-0.25, -0.2) is 0 Å². The quantitative estimate of drug-likeness (QED) is 0.803. The van der Waals surface area contributed by atoms with Gasteiger partial charge in [0.05, 0.1) is 0 Å². The zero-order valence-corrected chi connectivity index (χ0v) is 10.8. The van der Waals surface area contributed by atoms with Gasteiger partial charge in [-0.15, -0.1) is 12.4 Å². The minimum Gasteiger partial charge on any atom is -0.325 e. The summed E-state index contributed by atoms with van der Waals surface area (Å²) < 4.78 is 0. The van der Waals surface area contributed by atoms with E-state index in [1.54, 1.807) is 0 Å². The van der Waals surface area contributed by atoms with Crippen LogP contribution in [0.5, 0.6) is 0 Å².